The standard InChI is InChI=1S/C21H23FN2O2/c1-15-7-8-18(22)13-19(15)23-20(25)14-24-11-9-17(10-12-24)21(26)16-5-3-2-4-6-16/h2-8,13,17H,9-12,14H2,1H3,(H,23,25). The summed E-state index contributed by atoms with van der Waals surface area (Å²) in [4.78, 5) is 26.8. The molecule has 1 amide bonds. The zero-order chi connectivity index (χ0) is 18.5. The van der Waals surface area contributed by atoms with Crippen molar-refractivity contribution in [3.8, 4) is 0 Å². The zero-order valence-electron chi connectivity index (χ0n) is 14.9. The minimum Gasteiger partial charge on any atom is -0.325 e. The zero-order valence-corrected chi connectivity index (χ0v) is 14.9. The predicted molar refractivity (Wildman–Crippen MR) is 99.7 cm³/mol. The van der Waals surface area contributed by atoms with E-state index < -0.39 is 0 Å². The summed E-state index contributed by atoms with van der Waals surface area (Å²) in [6.45, 7) is 3.50. The summed E-state index contributed by atoms with van der Waals surface area (Å²) in [7, 11) is 0. The fraction of sp³-hybridized carbons (Fsp3) is 0.333. The largest absolute Gasteiger partial charge is 0.325 e. The number of nitrogens with one attached hydrogen (secondary N) is 1. The number of rotatable bonds is 5. The van der Waals surface area contributed by atoms with E-state index in [2.05, 4.69) is 5.32 Å². The Morgan fingerprint density at radius 2 is 1.81 bits per heavy atom. The molecule has 4 nitrogen and oxygen atoms in total. The molecule has 1 aliphatic rings. The van der Waals surface area contributed by atoms with Crippen LogP contribution in [0.15, 0.2) is 48.5 Å². The van der Waals surface area contributed by atoms with Crippen LogP contribution >= 0.6 is 0 Å². The highest BCUT2D eigenvalue weighted by molar-refractivity contribution is 5.98. The van der Waals surface area contributed by atoms with Gasteiger partial charge in [-0.2, -0.15) is 0 Å². The lowest BCUT2D eigenvalue weighted by Crippen LogP contribution is -2.40. The van der Waals surface area contributed by atoms with Crippen LogP contribution in [0.3, 0.4) is 0 Å². The summed E-state index contributed by atoms with van der Waals surface area (Å²) >= 11 is 0. The molecule has 136 valence electrons. The molecule has 3 rings (SSSR count). The van der Waals surface area contributed by atoms with Gasteiger partial charge in [-0.05, 0) is 50.6 Å². The molecule has 0 saturated carbocycles. The van der Waals surface area contributed by atoms with E-state index in [-0.39, 0.29) is 30.0 Å². The minimum atomic E-state index is -0.369. The van der Waals surface area contributed by atoms with Gasteiger partial charge in [-0.25, -0.2) is 4.39 Å². The van der Waals surface area contributed by atoms with Crippen molar-refractivity contribution in [2.75, 3.05) is 25.0 Å². The number of hydrogen-bond acceptors (Lipinski definition) is 3. The van der Waals surface area contributed by atoms with Crippen LogP contribution in [0.25, 0.3) is 0 Å². The third-order valence-electron chi connectivity index (χ3n) is 4.86. The third-order valence-corrected chi connectivity index (χ3v) is 4.86. The van der Waals surface area contributed by atoms with Crippen molar-refractivity contribution in [1.29, 1.82) is 0 Å². The number of carbonyl (C=O) groups excluding carboxylic acids is 2. The number of Topliss-reactive ketones (excluding diaryl/α,β-unsaturated/α-hetero) is 1. The lowest BCUT2D eigenvalue weighted by molar-refractivity contribution is -0.117. The molecule has 5 heteroatoms. The highest BCUT2D eigenvalue weighted by Crippen LogP contribution is 2.22. The Bertz CT molecular complexity index is 784. The summed E-state index contributed by atoms with van der Waals surface area (Å²) in [6, 6.07) is 13.7. The molecule has 1 heterocycles. The molecule has 1 N–H and O–H groups in total. The highest BCUT2D eigenvalue weighted by atomic mass is 19.1. The summed E-state index contributed by atoms with van der Waals surface area (Å²) in [5.41, 5.74) is 2.08. The number of aryl methyl sites for hydroxylation is 1. The first kappa shape index (κ1) is 18.3. The molecule has 0 unspecified atom stereocenters. The average Bonchev–Trinajstić information content (AvgIpc) is 2.65. The molecule has 2 aromatic rings. The number of hydrogen-bond donors (Lipinski definition) is 1. The summed E-state index contributed by atoms with van der Waals surface area (Å²) < 4.78 is 13.3. The first-order valence-corrected chi connectivity index (χ1v) is 8.90. The number of nitrogens with zero attached hydrogens (tertiary/aromatic N) is 1. The summed E-state index contributed by atoms with van der Waals surface area (Å²) in [6.07, 6.45) is 1.50. The number of amides is 1. The third kappa shape index (κ3) is 4.55. The Kier molecular flexibility index (Phi) is 5.78. The SMILES string of the molecule is Cc1ccc(F)cc1NC(=O)CN1CCC(C(=O)c2ccccc2)CC1. The number of anilines is 1. The number of likely N-dealkylation sites (tertiary alicyclic amines) is 1. The van der Waals surface area contributed by atoms with Gasteiger partial charge in [-0.1, -0.05) is 36.4 Å². The fourth-order valence-corrected chi connectivity index (χ4v) is 3.31. The van der Waals surface area contributed by atoms with Gasteiger partial charge in [0.15, 0.2) is 5.78 Å². The van der Waals surface area contributed by atoms with Crippen LogP contribution in [-0.4, -0.2) is 36.2 Å². The Hall–Kier alpha value is -2.53. The monoisotopic (exact) mass is 354 g/mol. The maximum Gasteiger partial charge on any atom is 0.238 e. The van der Waals surface area contributed by atoms with Crippen molar-refractivity contribution < 1.29 is 14.0 Å². The molecular formula is C21H23FN2O2. The molecule has 1 fully saturated rings. The van der Waals surface area contributed by atoms with Crippen molar-refractivity contribution in [2.45, 2.75) is 19.8 Å². The lowest BCUT2D eigenvalue weighted by atomic mass is 9.89. The van der Waals surface area contributed by atoms with Gasteiger partial charge in [0.25, 0.3) is 0 Å². The topological polar surface area (TPSA) is 49.4 Å². The van der Waals surface area contributed by atoms with Crippen LogP contribution in [0.1, 0.15) is 28.8 Å². The lowest BCUT2D eigenvalue weighted by Gasteiger charge is -2.30. The second-order valence-electron chi connectivity index (χ2n) is 6.79. The van der Waals surface area contributed by atoms with Gasteiger partial charge in [-0.15, -0.1) is 0 Å². The van der Waals surface area contributed by atoms with E-state index in [0.29, 0.717) is 18.8 Å². The fourth-order valence-electron chi connectivity index (χ4n) is 3.31. The van der Waals surface area contributed by atoms with Gasteiger partial charge in [0, 0.05) is 17.2 Å². The average molecular weight is 354 g/mol. The van der Waals surface area contributed by atoms with Crippen LogP contribution in [0.5, 0.6) is 0 Å². The number of ketones is 1. The maximum atomic E-state index is 13.3. The van der Waals surface area contributed by atoms with Crippen molar-refractivity contribution >= 4 is 17.4 Å². The summed E-state index contributed by atoms with van der Waals surface area (Å²) in [5.74, 6) is -0.329. The molecule has 0 aromatic heterocycles. The Balaban J connectivity index is 1.50. The smallest absolute Gasteiger partial charge is 0.238 e. The Morgan fingerprint density at radius 3 is 2.50 bits per heavy atom. The number of carbonyl (C=O) groups is 2. The van der Waals surface area contributed by atoms with Crippen LogP contribution < -0.4 is 5.32 Å². The van der Waals surface area contributed by atoms with E-state index in [0.717, 1.165) is 24.0 Å². The van der Waals surface area contributed by atoms with E-state index in [1.807, 2.05) is 42.2 Å². The van der Waals surface area contributed by atoms with Crippen molar-refractivity contribution in [2.24, 2.45) is 5.92 Å². The molecular weight excluding hydrogens is 331 g/mol. The van der Waals surface area contributed by atoms with Gasteiger partial charge in [0.05, 0.1) is 6.54 Å². The highest BCUT2D eigenvalue weighted by Gasteiger charge is 2.26. The first-order valence-electron chi connectivity index (χ1n) is 8.90. The minimum absolute atomic E-state index is 0.0159. The maximum absolute atomic E-state index is 13.3. The first-order chi connectivity index (χ1) is 12.5. The van der Waals surface area contributed by atoms with E-state index in [9.17, 15) is 14.0 Å². The number of piperidine rings is 1. The van der Waals surface area contributed by atoms with Gasteiger partial charge >= 0.3 is 0 Å². The molecule has 26 heavy (non-hydrogen) atoms. The summed E-state index contributed by atoms with van der Waals surface area (Å²) in [5, 5.41) is 2.77. The van der Waals surface area contributed by atoms with Crippen molar-refractivity contribution in [1.82, 2.24) is 4.90 Å². The van der Waals surface area contributed by atoms with Crippen LogP contribution in [0.2, 0.25) is 0 Å². The van der Waals surface area contributed by atoms with E-state index >= 15 is 0 Å². The molecule has 2 aromatic carbocycles. The molecule has 0 atom stereocenters. The Morgan fingerprint density at radius 1 is 1.12 bits per heavy atom. The molecule has 0 bridgehead atoms. The quantitative estimate of drug-likeness (QED) is 0.834. The molecule has 1 saturated heterocycles. The van der Waals surface area contributed by atoms with Gasteiger partial charge in [-0.3, -0.25) is 14.5 Å². The van der Waals surface area contributed by atoms with E-state index in [1.54, 1.807) is 6.07 Å². The molecule has 0 aliphatic carbocycles. The second kappa shape index (κ2) is 8.23. The van der Waals surface area contributed by atoms with E-state index in [1.165, 1.54) is 12.1 Å². The second-order valence-corrected chi connectivity index (χ2v) is 6.79. The molecule has 1 aliphatic heterocycles. The van der Waals surface area contributed by atoms with Crippen LogP contribution in [0.4, 0.5) is 10.1 Å². The van der Waals surface area contributed by atoms with Gasteiger partial charge < -0.3 is 5.32 Å². The normalized spacial score (nSPS) is 15.6. The van der Waals surface area contributed by atoms with Crippen molar-refractivity contribution in [3.63, 3.8) is 0 Å². The number of benzene rings is 2. The Labute approximate surface area is 153 Å². The predicted octanol–water partition coefficient (Wildman–Crippen LogP) is 3.67. The molecule has 0 radical (unpaired) electrons. The van der Waals surface area contributed by atoms with Crippen molar-refractivity contribution in [3.05, 3.63) is 65.5 Å². The van der Waals surface area contributed by atoms with E-state index in [4.69, 9.17) is 0 Å². The van der Waals surface area contributed by atoms with Crippen LogP contribution in [-0.2, 0) is 4.79 Å². The van der Waals surface area contributed by atoms with Gasteiger partial charge in [0.2, 0.25) is 5.91 Å². The number of halogens is 1. The molecule has 0 spiro atoms. The van der Waals surface area contributed by atoms with Gasteiger partial charge in [0.1, 0.15) is 5.82 Å². The van der Waals surface area contributed by atoms with Crippen LogP contribution in [0, 0.1) is 18.7 Å².